The Morgan fingerprint density at radius 2 is 2.50 bits per heavy atom. The van der Waals surface area contributed by atoms with Crippen LogP contribution in [-0.4, -0.2) is 10.1 Å². The molecule has 1 aromatic heterocycles. The van der Waals surface area contributed by atoms with Crippen molar-refractivity contribution in [1.82, 2.24) is 10.1 Å². The van der Waals surface area contributed by atoms with E-state index < -0.39 is 0 Å². The van der Waals surface area contributed by atoms with Crippen LogP contribution in [0.25, 0.3) is 5.57 Å². The molecule has 41 valence electrons. The third-order valence-electron chi connectivity index (χ3n) is 0.664. The molecule has 0 aliphatic rings. The molecule has 1 heterocycles. The molecule has 0 saturated carbocycles. The SMILES string of the molecule is [CH2]C(=C)c1ncno1. The average Bonchev–Trinajstić information content (AvgIpc) is 2.12. The van der Waals surface area contributed by atoms with Crippen LogP contribution in [0.1, 0.15) is 5.89 Å². The van der Waals surface area contributed by atoms with Gasteiger partial charge in [0.1, 0.15) is 0 Å². The van der Waals surface area contributed by atoms with Gasteiger partial charge in [-0.05, 0) is 6.92 Å². The Morgan fingerprint density at radius 1 is 1.75 bits per heavy atom. The maximum atomic E-state index is 4.57. The van der Waals surface area contributed by atoms with Gasteiger partial charge in [0, 0.05) is 5.57 Å². The van der Waals surface area contributed by atoms with Crippen molar-refractivity contribution in [1.29, 1.82) is 0 Å². The van der Waals surface area contributed by atoms with E-state index in [2.05, 4.69) is 28.2 Å². The van der Waals surface area contributed by atoms with Gasteiger partial charge in [0.25, 0.3) is 5.89 Å². The molecule has 0 bridgehead atoms. The summed E-state index contributed by atoms with van der Waals surface area (Å²) in [7, 11) is 0. The standard InChI is InChI=1S/C5H5N2O/c1-4(2)5-6-3-7-8-5/h3H,1-2H2. The second-order valence-electron chi connectivity index (χ2n) is 1.35. The molecule has 0 atom stereocenters. The van der Waals surface area contributed by atoms with Gasteiger partial charge in [-0.2, -0.15) is 4.98 Å². The largest absolute Gasteiger partial charge is 0.335 e. The highest BCUT2D eigenvalue weighted by Crippen LogP contribution is 2.02. The van der Waals surface area contributed by atoms with Gasteiger partial charge >= 0.3 is 0 Å². The molecule has 0 aromatic carbocycles. The fraction of sp³-hybridized carbons (Fsp3) is 0. The first-order chi connectivity index (χ1) is 3.80. The van der Waals surface area contributed by atoms with Crippen molar-refractivity contribution in [2.75, 3.05) is 0 Å². The first-order valence-electron chi connectivity index (χ1n) is 2.08. The molecular formula is C5H5N2O. The second-order valence-corrected chi connectivity index (χ2v) is 1.35. The molecule has 3 heteroatoms. The molecular weight excluding hydrogens is 104 g/mol. The van der Waals surface area contributed by atoms with Gasteiger partial charge in [0.2, 0.25) is 0 Å². The van der Waals surface area contributed by atoms with Crippen LogP contribution in [-0.2, 0) is 0 Å². The van der Waals surface area contributed by atoms with Gasteiger partial charge in [-0.1, -0.05) is 11.7 Å². The molecule has 0 aliphatic heterocycles. The first kappa shape index (κ1) is 5.03. The molecule has 0 saturated heterocycles. The number of rotatable bonds is 1. The Hall–Kier alpha value is -1.12. The Kier molecular flexibility index (Phi) is 1.12. The minimum atomic E-state index is 0.394. The summed E-state index contributed by atoms with van der Waals surface area (Å²) in [6.07, 6.45) is 1.31. The maximum absolute atomic E-state index is 4.57. The van der Waals surface area contributed by atoms with Crippen LogP contribution in [0, 0.1) is 6.92 Å². The van der Waals surface area contributed by atoms with Crippen molar-refractivity contribution in [2.24, 2.45) is 0 Å². The van der Waals surface area contributed by atoms with Crippen molar-refractivity contribution in [3.05, 3.63) is 25.7 Å². The minimum absolute atomic E-state index is 0.394. The van der Waals surface area contributed by atoms with Crippen LogP contribution in [0.15, 0.2) is 17.4 Å². The van der Waals surface area contributed by atoms with Crippen LogP contribution in [0.5, 0.6) is 0 Å². The lowest BCUT2D eigenvalue weighted by Crippen LogP contribution is -1.72. The maximum Gasteiger partial charge on any atom is 0.252 e. The van der Waals surface area contributed by atoms with E-state index in [1.807, 2.05) is 0 Å². The summed E-state index contributed by atoms with van der Waals surface area (Å²) in [6.45, 7) is 6.98. The monoisotopic (exact) mass is 109 g/mol. The highest BCUT2D eigenvalue weighted by Gasteiger charge is 1.95. The lowest BCUT2D eigenvalue weighted by atomic mass is 10.4. The number of nitrogens with zero attached hydrogens (tertiary/aromatic N) is 2. The highest BCUT2D eigenvalue weighted by molar-refractivity contribution is 5.57. The van der Waals surface area contributed by atoms with Crippen LogP contribution in [0.4, 0.5) is 0 Å². The Labute approximate surface area is 47.0 Å². The zero-order valence-electron chi connectivity index (χ0n) is 4.29. The van der Waals surface area contributed by atoms with E-state index in [0.717, 1.165) is 0 Å². The molecule has 0 aliphatic carbocycles. The molecule has 0 spiro atoms. The summed E-state index contributed by atoms with van der Waals surface area (Å²) < 4.78 is 4.57. The topological polar surface area (TPSA) is 38.9 Å². The quantitative estimate of drug-likeness (QED) is 0.538. The fourth-order valence-electron chi connectivity index (χ4n) is 0.329. The molecule has 1 radical (unpaired) electrons. The Balaban J connectivity index is 2.93. The van der Waals surface area contributed by atoms with Gasteiger partial charge in [-0.25, -0.2) is 0 Å². The van der Waals surface area contributed by atoms with E-state index in [9.17, 15) is 0 Å². The molecule has 0 fully saturated rings. The van der Waals surface area contributed by atoms with Crippen molar-refractivity contribution >= 4 is 5.57 Å². The normalized spacial score (nSPS) is 9.12. The molecule has 1 rings (SSSR count). The predicted octanol–water partition coefficient (Wildman–Crippen LogP) is 0.917. The van der Waals surface area contributed by atoms with Crippen LogP contribution in [0.3, 0.4) is 0 Å². The third-order valence-corrected chi connectivity index (χ3v) is 0.664. The fourth-order valence-corrected chi connectivity index (χ4v) is 0.329. The summed E-state index contributed by atoms with van der Waals surface area (Å²) in [4.78, 5) is 3.68. The Morgan fingerprint density at radius 3 is 2.75 bits per heavy atom. The van der Waals surface area contributed by atoms with E-state index >= 15 is 0 Å². The summed E-state index contributed by atoms with van der Waals surface area (Å²) in [5, 5.41) is 3.36. The number of aromatic nitrogens is 2. The smallest absolute Gasteiger partial charge is 0.252 e. The van der Waals surface area contributed by atoms with Crippen molar-refractivity contribution < 1.29 is 4.52 Å². The summed E-state index contributed by atoms with van der Waals surface area (Å²) in [5.74, 6) is 0.394. The highest BCUT2D eigenvalue weighted by atomic mass is 16.5. The molecule has 0 N–H and O–H groups in total. The first-order valence-corrected chi connectivity index (χ1v) is 2.08. The van der Waals surface area contributed by atoms with Crippen molar-refractivity contribution in [3.63, 3.8) is 0 Å². The molecule has 0 amide bonds. The van der Waals surface area contributed by atoms with E-state index in [1.54, 1.807) is 0 Å². The average molecular weight is 109 g/mol. The lowest BCUT2D eigenvalue weighted by Gasteiger charge is -1.81. The van der Waals surface area contributed by atoms with Crippen LogP contribution < -0.4 is 0 Å². The molecule has 8 heavy (non-hydrogen) atoms. The van der Waals surface area contributed by atoms with Gasteiger partial charge < -0.3 is 4.52 Å². The van der Waals surface area contributed by atoms with E-state index in [-0.39, 0.29) is 0 Å². The number of allylic oxidation sites excluding steroid dienone is 1. The molecule has 3 nitrogen and oxygen atoms in total. The van der Waals surface area contributed by atoms with E-state index in [0.29, 0.717) is 11.5 Å². The van der Waals surface area contributed by atoms with Crippen LogP contribution in [0.2, 0.25) is 0 Å². The predicted molar refractivity (Wildman–Crippen MR) is 28.7 cm³/mol. The van der Waals surface area contributed by atoms with Crippen LogP contribution >= 0.6 is 0 Å². The zero-order valence-corrected chi connectivity index (χ0v) is 4.29. The minimum Gasteiger partial charge on any atom is -0.335 e. The van der Waals surface area contributed by atoms with Gasteiger partial charge in [-0.15, -0.1) is 0 Å². The summed E-state index contributed by atoms with van der Waals surface area (Å²) in [5.41, 5.74) is 0.544. The molecule has 0 unspecified atom stereocenters. The van der Waals surface area contributed by atoms with E-state index in [1.165, 1.54) is 6.33 Å². The van der Waals surface area contributed by atoms with Crippen molar-refractivity contribution in [3.8, 4) is 0 Å². The lowest BCUT2D eigenvalue weighted by molar-refractivity contribution is 0.407. The summed E-state index contributed by atoms with van der Waals surface area (Å²) >= 11 is 0. The van der Waals surface area contributed by atoms with Gasteiger partial charge in [0.15, 0.2) is 6.33 Å². The van der Waals surface area contributed by atoms with Gasteiger partial charge in [0.05, 0.1) is 0 Å². The summed E-state index contributed by atoms with van der Waals surface area (Å²) in [6, 6.07) is 0. The zero-order chi connectivity index (χ0) is 5.98. The Bertz CT molecular complexity index is 178. The van der Waals surface area contributed by atoms with E-state index in [4.69, 9.17) is 0 Å². The second kappa shape index (κ2) is 1.78. The van der Waals surface area contributed by atoms with Crippen molar-refractivity contribution in [2.45, 2.75) is 0 Å². The third kappa shape index (κ3) is 0.753. The number of hydrogen-bond donors (Lipinski definition) is 0. The molecule has 1 aromatic rings. The number of hydrogen-bond acceptors (Lipinski definition) is 3. The van der Waals surface area contributed by atoms with Gasteiger partial charge in [-0.3, -0.25) is 0 Å².